The average Bonchev–Trinajstić information content (AvgIpc) is 2.94. The highest BCUT2D eigenvalue weighted by atomic mass is 32.2. The summed E-state index contributed by atoms with van der Waals surface area (Å²) in [7, 11) is -2.16. The highest BCUT2D eigenvalue weighted by Gasteiger charge is 2.39. The van der Waals surface area contributed by atoms with Crippen molar-refractivity contribution in [1.82, 2.24) is 19.5 Å². The quantitative estimate of drug-likeness (QED) is 0.475. The molecule has 41 heavy (non-hydrogen) atoms. The van der Waals surface area contributed by atoms with Crippen LogP contribution in [0.15, 0.2) is 65.8 Å². The SMILES string of the molecule is CN1CC(O)CNS(=O)(=O)c2ccc(-c3cccnc3)cc2OCC2(CCN(C(=O)c3cc(F)cc(F)c3)CC2)C1. The number of hydrogen-bond donors (Lipinski definition) is 2. The first-order valence-corrected chi connectivity index (χ1v) is 14.8. The molecule has 3 heterocycles. The number of hydrogen-bond acceptors (Lipinski definition) is 7. The predicted molar refractivity (Wildman–Crippen MR) is 148 cm³/mol. The van der Waals surface area contributed by atoms with Gasteiger partial charge >= 0.3 is 0 Å². The predicted octanol–water partition coefficient (Wildman–Crippen LogP) is 2.91. The summed E-state index contributed by atoms with van der Waals surface area (Å²) in [6.07, 6.45) is 3.37. The van der Waals surface area contributed by atoms with Gasteiger partial charge in [0.25, 0.3) is 5.91 Å². The fourth-order valence-corrected chi connectivity index (χ4v) is 6.72. The molecule has 1 atom stereocenters. The molecule has 0 bridgehead atoms. The van der Waals surface area contributed by atoms with E-state index in [1.165, 1.54) is 6.07 Å². The van der Waals surface area contributed by atoms with Crippen LogP contribution in [0.4, 0.5) is 8.78 Å². The lowest BCUT2D eigenvalue weighted by Crippen LogP contribution is -2.51. The van der Waals surface area contributed by atoms with Gasteiger partial charge in [0.05, 0.1) is 12.7 Å². The van der Waals surface area contributed by atoms with Crippen LogP contribution in [0.2, 0.25) is 0 Å². The van der Waals surface area contributed by atoms with E-state index in [4.69, 9.17) is 4.74 Å². The zero-order valence-corrected chi connectivity index (χ0v) is 23.4. The van der Waals surface area contributed by atoms with Crippen molar-refractivity contribution in [1.29, 1.82) is 0 Å². The van der Waals surface area contributed by atoms with Gasteiger partial charge in [-0.3, -0.25) is 9.78 Å². The van der Waals surface area contributed by atoms with E-state index in [0.717, 1.165) is 29.3 Å². The molecule has 1 aromatic heterocycles. The van der Waals surface area contributed by atoms with Gasteiger partial charge < -0.3 is 19.6 Å². The maximum Gasteiger partial charge on any atom is 0.254 e. The maximum absolute atomic E-state index is 13.7. The summed E-state index contributed by atoms with van der Waals surface area (Å²) < 4.78 is 62.7. The molecule has 1 unspecified atom stereocenters. The average molecular weight is 587 g/mol. The standard InChI is InChI=1S/C29H32F2N4O5S/c1-34-17-25(36)16-33-41(38,39)27-5-4-20(21-3-2-8-32-15-21)13-26(27)40-19-29(18-34)6-9-35(10-7-29)28(37)22-11-23(30)14-24(31)12-22/h2-5,8,11-15,25,33,36H,6-7,9-10,16-19H2,1H3. The number of nitrogens with one attached hydrogen (secondary N) is 1. The Balaban J connectivity index is 1.43. The highest BCUT2D eigenvalue weighted by molar-refractivity contribution is 7.89. The minimum atomic E-state index is -4.00. The number of sulfonamides is 1. The van der Waals surface area contributed by atoms with Gasteiger partial charge in [-0.15, -0.1) is 0 Å². The summed E-state index contributed by atoms with van der Waals surface area (Å²) in [4.78, 5) is 20.6. The minimum Gasteiger partial charge on any atom is -0.492 e. The number of benzene rings is 2. The van der Waals surface area contributed by atoms with Gasteiger partial charge in [0.15, 0.2) is 0 Å². The molecule has 1 spiro atoms. The fraction of sp³-hybridized carbons (Fsp3) is 0.379. The van der Waals surface area contributed by atoms with E-state index < -0.39 is 39.1 Å². The molecular formula is C29H32F2N4O5S. The molecule has 2 aliphatic rings. The normalized spacial score (nSPS) is 21.3. The molecule has 2 aliphatic heterocycles. The molecule has 0 radical (unpaired) electrons. The van der Waals surface area contributed by atoms with Crippen molar-refractivity contribution in [3.05, 3.63) is 78.1 Å². The lowest BCUT2D eigenvalue weighted by atomic mass is 9.78. The second-order valence-corrected chi connectivity index (χ2v) is 12.6. The number of carbonyl (C=O) groups is 1. The van der Waals surface area contributed by atoms with Crippen LogP contribution < -0.4 is 9.46 Å². The summed E-state index contributed by atoms with van der Waals surface area (Å²) in [5.74, 6) is -1.92. The highest BCUT2D eigenvalue weighted by Crippen LogP contribution is 2.37. The van der Waals surface area contributed by atoms with Crippen LogP contribution in [0.3, 0.4) is 0 Å². The summed E-state index contributed by atoms with van der Waals surface area (Å²) in [6.45, 7) is 1.37. The van der Waals surface area contributed by atoms with Crippen LogP contribution in [-0.2, 0) is 10.0 Å². The monoisotopic (exact) mass is 586 g/mol. The van der Waals surface area contributed by atoms with Crippen molar-refractivity contribution in [2.75, 3.05) is 46.4 Å². The number of amides is 1. The molecule has 2 N–H and O–H groups in total. The summed E-state index contributed by atoms with van der Waals surface area (Å²) in [5.41, 5.74) is 0.980. The second kappa shape index (κ2) is 11.8. The number of piperidine rings is 1. The second-order valence-electron chi connectivity index (χ2n) is 10.8. The number of ether oxygens (including phenoxy) is 1. The summed E-state index contributed by atoms with van der Waals surface area (Å²) in [5, 5.41) is 10.6. The van der Waals surface area contributed by atoms with E-state index in [1.54, 1.807) is 35.5 Å². The molecular weight excluding hydrogens is 554 g/mol. The number of rotatable bonds is 2. The van der Waals surface area contributed by atoms with Crippen molar-refractivity contribution >= 4 is 15.9 Å². The Morgan fingerprint density at radius 2 is 1.83 bits per heavy atom. The number of nitrogens with zero attached hydrogens (tertiary/aromatic N) is 3. The molecule has 0 saturated carbocycles. The number of aromatic nitrogens is 1. The molecule has 1 fully saturated rings. The fourth-order valence-electron chi connectivity index (χ4n) is 5.52. The van der Waals surface area contributed by atoms with Crippen LogP contribution in [0.1, 0.15) is 23.2 Å². The van der Waals surface area contributed by atoms with Crippen molar-refractivity contribution in [2.45, 2.75) is 23.8 Å². The van der Waals surface area contributed by atoms with Crippen LogP contribution >= 0.6 is 0 Å². The zero-order chi connectivity index (χ0) is 29.2. The van der Waals surface area contributed by atoms with Crippen LogP contribution in [0.5, 0.6) is 5.75 Å². The van der Waals surface area contributed by atoms with E-state index in [-0.39, 0.29) is 35.9 Å². The van der Waals surface area contributed by atoms with E-state index in [1.807, 2.05) is 18.0 Å². The number of carbonyl (C=O) groups excluding carboxylic acids is 1. The smallest absolute Gasteiger partial charge is 0.254 e. The van der Waals surface area contributed by atoms with Gasteiger partial charge in [-0.2, -0.15) is 0 Å². The van der Waals surface area contributed by atoms with Gasteiger partial charge in [0.2, 0.25) is 10.0 Å². The van der Waals surface area contributed by atoms with Crippen molar-refractivity contribution < 1.29 is 31.8 Å². The Morgan fingerprint density at radius 3 is 2.51 bits per heavy atom. The Morgan fingerprint density at radius 1 is 1.10 bits per heavy atom. The van der Waals surface area contributed by atoms with Gasteiger partial charge in [-0.25, -0.2) is 21.9 Å². The number of likely N-dealkylation sites (tertiary alicyclic amines) is 1. The topological polar surface area (TPSA) is 112 Å². The van der Waals surface area contributed by atoms with E-state index in [2.05, 4.69) is 9.71 Å². The van der Waals surface area contributed by atoms with Gasteiger partial charge in [-0.05, 0) is 55.8 Å². The number of halogens is 2. The van der Waals surface area contributed by atoms with Crippen LogP contribution in [0.25, 0.3) is 11.1 Å². The molecule has 9 nitrogen and oxygen atoms in total. The third-order valence-electron chi connectivity index (χ3n) is 7.62. The molecule has 218 valence electrons. The molecule has 2 aromatic carbocycles. The van der Waals surface area contributed by atoms with Crippen molar-refractivity contribution in [2.24, 2.45) is 5.41 Å². The molecule has 3 aromatic rings. The Hall–Kier alpha value is -3.45. The van der Waals surface area contributed by atoms with Crippen molar-refractivity contribution in [3.63, 3.8) is 0 Å². The number of aliphatic hydroxyl groups is 1. The van der Waals surface area contributed by atoms with E-state index in [0.29, 0.717) is 32.5 Å². The van der Waals surface area contributed by atoms with Crippen molar-refractivity contribution in [3.8, 4) is 16.9 Å². The molecule has 5 rings (SSSR count). The third kappa shape index (κ3) is 6.72. The van der Waals surface area contributed by atoms with Crippen LogP contribution in [-0.4, -0.2) is 86.7 Å². The van der Waals surface area contributed by atoms with Gasteiger partial charge in [0.1, 0.15) is 22.3 Å². The molecule has 12 heteroatoms. The lowest BCUT2D eigenvalue weighted by molar-refractivity contribution is 0.0159. The first kappa shape index (κ1) is 29.1. The third-order valence-corrected chi connectivity index (χ3v) is 9.08. The first-order valence-electron chi connectivity index (χ1n) is 13.3. The van der Waals surface area contributed by atoms with Crippen LogP contribution in [0, 0.1) is 17.0 Å². The zero-order valence-electron chi connectivity index (χ0n) is 22.6. The Bertz CT molecular complexity index is 1490. The van der Waals surface area contributed by atoms with E-state index in [9.17, 15) is 27.1 Å². The minimum absolute atomic E-state index is 0.0397. The van der Waals surface area contributed by atoms with Gasteiger partial charge in [-0.1, -0.05) is 12.1 Å². The number of likely N-dealkylation sites (N-methyl/N-ethyl adjacent to an activating group) is 1. The molecule has 0 aliphatic carbocycles. The Kier molecular flexibility index (Phi) is 8.37. The number of pyridine rings is 1. The summed E-state index contributed by atoms with van der Waals surface area (Å²) >= 11 is 0. The lowest BCUT2D eigenvalue weighted by Gasteiger charge is -2.44. The number of aliphatic hydroxyl groups excluding tert-OH is 1. The number of β-amino-alcohol motifs (C(OH)–C–C–N with tert-alkyl or cyclic N) is 1. The first-order chi connectivity index (χ1) is 19.5. The molecule has 1 amide bonds. The molecule has 1 saturated heterocycles. The largest absolute Gasteiger partial charge is 0.492 e. The Labute approximate surface area is 237 Å². The van der Waals surface area contributed by atoms with Gasteiger partial charge in [0, 0.05) is 67.7 Å². The summed E-state index contributed by atoms with van der Waals surface area (Å²) in [6, 6.07) is 11.3. The number of fused-ring (bicyclic) bond motifs is 1. The van der Waals surface area contributed by atoms with E-state index >= 15 is 0 Å². The maximum atomic E-state index is 13.7.